The van der Waals surface area contributed by atoms with Crippen molar-refractivity contribution in [3.63, 3.8) is 0 Å². The highest BCUT2D eigenvalue weighted by molar-refractivity contribution is 6.31. The molecule has 0 aliphatic rings. The van der Waals surface area contributed by atoms with Gasteiger partial charge in [-0.2, -0.15) is 4.98 Å². The molecule has 0 aliphatic heterocycles. The van der Waals surface area contributed by atoms with E-state index in [1.807, 2.05) is 30.3 Å². The smallest absolute Gasteiger partial charge is 0.373 e. The van der Waals surface area contributed by atoms with Crippen LogP contribution in [0, 0.1) is 15.9 Å². The van der Waals surface area contributed by atoms with Gasteiger partial charge in [-0.25, -0.2) is 9.37 Å². The van der Waals surface area contributed by atoms with Crippen LogP contribution in [-0.2, 0) is 0 Å². The largest absolute Gasteiger partial charge is 0.433 e. The fraction of sp³-hybridized carbons (Fsp3) is 0. The Morgan fingerprint density at radius 1 is 1.07 bits per heavy atom. The van der Waals surface area contributed by atoms with E-state index >= 15 is 0 Å². The van der Waals surface area contributed by atoms with Gasteiger partial charge in [0.1, 0.15) is 17.9 Å². The van der Waals surface area contributed by atoms with Crippen molar-refractivity contribution in [2.24, 2.45) is 0 Å². The first-order chi connectivity index (χ1) is 14.0. The highest BCUT2D eigenvalue weighted by atomic mass is 35.5. The first-order valence-electron chi connectivity index (χ1n) is 8.40. The topological polar surface area (TPSA) is 90.2 Å². The summed E-state index contributed by atoms with van der Waals surface area (Å²) in [6.45, 7) is 0. The monoisotopic (exact) mass is 410 g/mol. The van der Waals surface area contributed by atoms with Crippen LogP contribution in [0.3, 0.4) is 0 Å². The number of fused-ring (bicyclic) bond motifs is 1. The van der Waals surface area contributed by atoms with E-state index in [1.165, 1.54) is 12.1 Å². The molecule has 144 valence electrons. The lowest BCUT2D eigenvalue weighted by Crippen LogP contribution is -2.03. The minimum absolute atomic E-state index is 0.108. The van der Waals surface area contributed by atoms with Crippen LogP contribution >= 0.6 is 11.6 Å². The summed E-state index contributed by atoms with van der Waals surface area (Å²) in [5.41, 5.74) is -0.129. The van der Waals surface area contributed by atoms with Crippen molar-refractivity contribution in [3.05, 3.63) is 87.9 Å². The number of halogens is 2. The Morgan fingerprint density at radius 3 is 2.66 bits per heavy atom. The van der Waals surface area contributed by atoms with Gasteiger partial charge in [0.25, 0.3) is 0 Å². The molecule has 4 aromatic rings. The van der Waals surface area contributed by atoms with Gasteiger partial charge in [0.2, 0.25) is 5.82 Å². The number of hydrogen-bond donors (Lipinski definition) is 1. The van der Waals surface area contributed by atoms with Crippen LogP contribution in [0.2, 0.25) is 5.02 Å². The molecule has 0 fully saturated rings. The van der Waals surface area contributed by atoms with Gasteiger partial charge in [0, 0.05) is 11.1 Å². The Hall–Kier alpha value is -3.78. The van der Waals surface area contributed by atoms with Gasteiger partial charge in [-0.15, -0.1) is 0 Å². The summed E-state index contributed by atoms with van der Waals surface area (Å²) in [7, 11) is 0. The number of nitrogens with zero attached hydrogens (tertiary/aromatic N) is 3. The first kappa shape index (κ1) is 18.6. The van der Waals surface area contributed by atoms with Crippen molar-refractivity contribution in [1.29, 1.82) is 0 Å². The normalized spacial score (nSPS) is 10.7. The Morgan fingerprint density at radius 2 is 1.86 bits per heavy atom. The van der Waals surface area contributed by atoms with Gasteiger partial charge >= 0.3 is 11.6 Å². The summed E-state index contributed by atoms with van der Waals surface area (Å²) >= 11 is 5.77. The molecule has 0 radical (unpaired) electrons. The predicted molar refractivity (Wildman–Crippen MR) is 107 cm³/mol. The highest BCUT2D eigenvalue weighted by Crippen LogP contribution is 2.37. The quantitative estimate of drug-likeness (QED) is 0.327. The molecule has 7 nitrogen and oxygen atoms in total. The second-order valence-corrected chi connectivity index (χ2v) is 6.37. The molecule has 0 saturated heterocycles. The minimum atomic E-state index is -0.645. The van der Waals surface area contributed by atoms with Crippen LogP contribution in [0.15, 0.2) is 67.0 Å². The van der Waals surface area contributed by atoms with Crippen molar-refractivity contribution in [2.45, 2.75) is 0 Å². The summed E-state index contributed by atoms with van der Waals surface area (Å²) < 4.78 is 19.2. The van der Waals surface area contributed by atoms with Crippen LogP contribution in [-0.4, -0.2) is 14.9 Å². The van der Waals surface area contributed by atoms with Gasteiger partial charge in [0.15, 0.2) is 0 Å². The lowest BCUT2D eigenvalue weighted by Gasteiger charge is -2.11. The molecule has 0 saturated carbocycles. The molecule has 0 aliphatic carbocycles. The number of nitro groups is 1. The molecular weight excluding hydrogens is 399 g/mol. The van der Waals surface area contributed by atoms with Gasteiger partial charge in [-0.05, 0) is 29.7 Å². The molecular formula is C20H12ClFN4O3. The van der Waals surface area contributed by atoms with Crippen molar-refractivity contribution in [3.8, 4) is 11.6 Å². The SMILES string of the molecule is O=[N+]([O-])c1c(Nc2ccc(F)c(Cl)c2)ncnc1Oc1cccc2ccccc12. The van der Waals surface area contributed by atoms with Crippen LogP contribution in [0.4, 0.5) is 21.6 Å². The summed E-state index contributed by atoms with van der Waals surface area (Å²) in [4.78, 5) is 18.9. The zero-order valence-electron chi connectivity index (χ0n) is 14.7. The minimum Gasteiger partial charge on any atom is -0.433 e. The molecule has 1 N–H and O–H groups in total. The van der Waals surface area contributed by atoms with E-state index in [0.29, 0.717) is 11.4 Å². The number of hydrogen-bond acceptors (Lipinski definition) is 6. The Balaban J connectivity index is 1.75. The molecule has 9 heteroatoms. The number of nitrogens with one attached hydrogen (secondary N) is 1. The van der Waals surface area contributed by atoms with Crippen LogP contribution in [0.25, 0.3) is 10.8 Å². The van der Waals surface area contributed by atoms with E-state index in [9.17, 15) is 14.5 Å². The molecule has 29 heavy (non-hydrogen) atoms. The van der Waals surface area contributed by atoms with Gasteiger partial charge < -0.3 is 10.1 Å². The average Bonchev–Trinajstić information content (AvgIpc) is 2.71. The van der Waals surface area contributed by atoms with Crippen LogP contribution < -0.4 is 10.1 Å². The second-order valence-electron chi connectivity index (χ2n) is 5.97. The molecule has 1 aromatic heterocycles. The number of benzene rings is 3. The molecule has 4 rings (SSSR count). The maximum Gasteiger partial charge on any atom is 0.373 e. The lowest BCUT2D eigenvalue weighted by atomic mass is 10.1. The lowest BCUT2D eigenvalue weighted by molar-refractivity contribution is -0.385. The van der Waals surface area contributed by atoms with E-state index in [1.54, 1.807) is 12.1 Å². The van der Waals surface area contributed by atoms with E-state index in [2.05, 4.69) is 15.3 Å². The Labute approximate surface area is 168 Å². The zero-order valence-corrected chi connectivity index (χ0v) is 15.4. The fourth-order valence-electron chi connectivity index (χ4n) is 2.79. The van der Waals surface area contributed by atoms with E-state index < -0.39 is 16.4 Å². The zero-order chi connectivity index (χ0) is 20.4. The Kier molecular flexibility index (Phi) is 4.92. The van der Waals surface area contributed by atoms with Gasteiger partial charge in [-0.1, -0.05) is 48.0 Å². The third kappa shape index (κ3) is 3.78. The maximum atomic E-state index is 13.4. The first-order valence-corrected chi connectivity index (χ1v) is 8.78. The Bertz CT molecular complexity index is 1230. The van der Waals surface area contributed by atoms with E-state index in [4.69, 9.17) is 16.3 Å². The van der Waals surface area contributed by atoms with Crippen molar-refractivity contribution in [2.75, 3.05) is 5.32 Å². The molecule has 0 spiro atoms. The molecule has 1 heterocycles. The number of aromatic nitrogens is 2. The van der Waals surface area contributed by atoms with Crippen LogP contribution in [0.1, 0.15) is 0 Å². The fourth-order valence-corrected chi connectivity index (χ4v) is 2.97. The van der Waals surface area contributed by atoms with E-state index in [0.717, 1.165) is 23.2 Å². The van der Waals surface area contributed by atoms with Gasteiger partial charge in [-0.3, -0.25) is 10.1 Å². The summed E-state index contributed by atoms with van der Waals surface area (Å²) in [5.74, 6) is -0.518. The maximum absolute atomic E-state index is 13.4. The van der Waals surface area contributed by atoms with E-state index in [-0.39, 0.29) is 16.7 Å². The average molecular weight is 411 g/mol. The summed E-state index contributed by atoms with van der Waals surface area (Å²) in [6.07, 6.45) is 1.14. The highest BCUT2D eigenvalue weighted by Gasteiger charge is 2.26. The summed E-state index contributed by atoms with van der Waals surface area (Å²) in [5, 5.41) is 16.1. The molecule has 3 aromatic carbocycles. The standard InChI is InChI=1S/C20H12ClFN4O3/c21-15-10-13(8-9-16(15)22)25-19-18(26(27)28)20(24-11-23-19)29-17-7-3-5-12-4-1-2-6-14(12)17/h1-11H,(H,23,24,25). The summed E-state index contributed by atoms with van der Waals surface area (Å²) in [6, 6.07) is 16.7. The second kappa shape index (κ2) is 7.69. The molecule has 0 unspecified atom stereocenters. The number of rotatable bonds is 5. The van der Waals surface area contributed by atoms with Crippen molar-refractivity contribution >= 4 is 39.6 Å². The molecule has 0 atom stereocenters. The number of ether oxygens (including phenoxy) is 1. The third-order valence-corrected chi connectivity index (χ3v) is 4.40. The molecule has 0 bridgehead atoms. The van der Waals surface area contributed by atoms with Crippen molar-refractivity contribution < 1.29 is 14.1 Å². The number of anilines is 2. The third-order valence-electron chi connectivity index (χ3n) is 4.11. The molecule has 0 amide bonds. The predicted octanol–water partition coefficient (Wildman–Crippen LogP) is 5.87. The van der Waals surface area contributed by atoms with Gasteiger partial charge in [0.05, 0.1) is 9.95 Å². The van der Waals surface area contributed by atoms with Crippen LogP contribution in [0.5, 0.6) is 11.6 Å². The van der Waals surface area contributed by atoms with Crippen molar-refractivity contribution in [1.82, 2.24) is 9.97 Å².